The van der Waals surface area contributed by atoms with Crippen LogP contribution in [0.2, 0.25) is 0 Å². The van der Waals surface area contributed by atoms with E-state index < -0.39 is 11.7 Å². The zero-order chi connectivity index (χ0) is 35.7. The number of nitrogens with one attached hydrogen (secondary N) is 2. The lowest BCUT2D eigenvalue weighted by Crippen LogP contribution is -2.51. The molecule has 3 N–H and O–H groups in total. The highest BCUT2D eigenvalue weighted by atomic mass is 16.6. The van der Waals surface area contributed by atoms with E-state index >= 15 is 0 Å². The van der Waals surface area contributed by atoms with E-state index in [-0.39, 0.29) is 24.2 Å². The number of rotatable bonds is 18. The Balaban J connectivity index is 1.11. The Morgan fingerprint density at radius 1 is 0.918 bits per heavy atom. The molecule has 0 bridgehead atoms. The number of amides is 2. The number of allylic oxidation sites excluding steroid dienone is 1. The molecule has 49 heavy (non-hydrogen) atoms. The summed E-state index contributed by atoms with van der Waals surface area (Å²) in [6.45, 7) is 18.1. The second-order valence-corrected chi connectivity index (χ2v) is 17.3. The van der Waals surface area contributed by atoms with Crippen molar-refractivity contribution in [3.63, 3.8) is 0 Å². The van der Waals surface area contributed by atoms with Gasteiger partial charge in [-0.25, -0.2) is 9.59 Å². The molecule has 8 atom stereocenters. The molecule has 3 saturated carbocycles. The van der Waals surface area contributed by atoms with Crippen LogP contribution in [0.5, 0.6) is 0 Å². The van der Waals surface area contributed by atoms with Gasteiger partial charge in [-0.2, -0.15) is 0 Å². The fourth-order valence-corrected chi connectivity index (χ4v) is 10.3. The average Bonchev–Trinajstić information content (AvgIpc) is 3.39. The van der Waals surface area contributed by atoms with E-state index in [0.717, 1.165) is 54.8 Å². The lowest BCUT2D eigenvalue weighted by Gasteiger charge is -2.58. The van der Waals surface area contributed by atoms with Crippen molar-refractivity contribution in [1.29, 1.82) is 0 Å². The van der Waals surface area contributed by atoms with Gasteiger partial charge in [0.15, 0.2) is 0 Å². The minimum Gasteiger partial charge on any atom is -0.446 e. The molecule has 0 aromatic rings. The molecule has 282 valence electrons. The molecule has 5 unspecified atom stereocenters. The van der Waals surface area contributed by atoms with E-state index in [2.05, 4.69) is 51.3 Å². The molecule has 0 heterocycles. The Kier molecular flexibility index (Phi) is 14.7. The summed E-state index contributed by atoms with van der Waals surface area (Å²) in [7, 11) is 0. The monoisotopic (exact) mass is 691 g/mol. The molecule has 0 saturated heterocycles. The van der Waals surface area contributed by atoms with Crippen LogP contribution in [0.1, 0.15) is 126 Å². The quantitative estimate of drug-likeness (QED) is 0.0985. The number of carbonyl (C=O) groups is 2. The van der Waals surface area contributed by atoms with Crippen molar-refractivity contribution in [3.8, 4) is 0 Å². The van der Waals surface area contributed by atoms with Crippen molar-refractivity contribution in [2.24, 2.45) is 46.3 Å². The standard InChI is InChI=1S/C40H70N2O7/c1-28(2)9-8-10-29(3)33-13-14-34-32-12-11-30-27-31(15-17-39(30,6)35(32)16-18-40(33,34)7)48-36(44)41-20-23-46-25-26-47-24-21-42-37(45)49-38(4,5)19-22-43/h11,28-29,31-35,43H,8-10,12-27H2,1-7H3,(H,41,44)(H,42,45)/t29?,31-,32?,33?,34?,35?,39-,40+/m0/s1. The largest absolute Gasteiger partial charge is 0.446 e. The van der Waals surface area contributed by atoms with E-state index in [1.165, 1.54) is 51.4 Å². The molecular formula is C40H70N2O7. The molecule has 0 aliphatic heterocycles. The zero-order valence-electron chi connectivity index (χ0n) is 32.0. The number of aliphatic hydroxyl groups excluding tert-OH is 1. The van der Waals surface area contributed by atoms with E-state index in [1.807, 2.05) is 0 Å². The topological polar surface area (TPSA) is 115 Å². The number of fused-ring (bicyclic) bond motifs is 5. The highest BCUT2D eigenvalue weighted by Crippen LogP contribution is 2.67. The second kappa shape index (κ2) is 18.1. The van der Waals surface area contributed by atoms with E-state index in [4.69, 9.17) is 24.1 Å². The molecule has 4 rings (SSSR count). The summed E-state index contributed by atoms with van der Waals surface area (Å²) in [5, 5.41) is 14.5. The van der Waals surface area contributed by atoms with Crippen molar-refractivity contribution in [3.05, 3.63) is 11.6 Å². The Morgan fingerprint density at radius 3 is 2.29 bits per heavy atom. The molecule has 2 amide bonds. The van der Waals surface area contributed by atoms with Gasteiger partial charge in [-0.15, -0.1) is 0 Å². The second-order valence-electron chi connectivity index (χ2n) is 17.3. The maximum atomic E-state index is 12.6. The Morgan fingerprint density at radius 2 is 1.61 bits per heavy atom. The summed E-state index contributed by atoms with van der Waals surface area (Å²) >= 11 is 0. The van der Waals surface area contributed by atoms with Gasteiger partial charge in [-0.05, 0) is 105 Å². The lowest BCUT2D eigenvalue weighted by atomic mass is 9.47. The molecule has 0 radical (unpaired) electrons. The molecule has 3 fully saturated rings. The Bertz CT molecular complexity index is 1090. The first-order valence-electron chi connectivity index (χ1n) is 19.7. The maximum Gasteiger partial charge on any atom is 0.407 e. The Labute approximate surface area is 297 Å². The number of ether oxygens (including phenoxy) is 4. The van der Waals surface area contributed by atoms with Crippen LogP contribution in [0, 0.1) is 46.3 Å². The number of aliphatic hydroxyl groups is 1. The van der Waals surface area contributed by atoms with Crippen molar-refractivity contribution in [2.75, 3.05) is 46.1 Å². The van der Waals surface area contributed by atoms with Gasteiger partial charge >= 0.3 is 12.2 Å². The molecule has 0 aromatic heterocycles. The molecule has 0 aromatic carbocycles. The molecule has 9 heteroatoms. The highest BCUT2D eigenvalue weighted by Gasteiger charge is 2.59. The molecule has 0 spiro atoms. The average molecular weight is 691 g/mol. The third-order valence-electron chi connectivity index (χ3n) is 13.0. The predicted octanol–water partition coefficient (Wildman–Crippen LogP) is 8.04. The van der Waals surface area contributed by atoms with E-state index in [9.17, 15) is 9.59 Å². The molecule has 4 aliphatic carbocycles. The SMILES string of the molecule is CC(C)CCCC(C)C1CCC2C3CC=C4C[C@@H](OC(=O)NCCOCCOCCNC(=O)OC(C)(C)CCO)CC[C@]4(C)C3CC[C@]12C. The molecular weight excluding hydrogens is 620 g/mol. The van der Waals surface area contributed by atoms with Gasteiger partial charge < -0.3 is 34.7 Å². The first kappa shape index (κ1) is 39.9. The van der Waals surface area contributed by atoms with Crippen LogP contribution in [0.4, 0.5) is 9.59 Å². The van der Waals surface area contributed by atoms with Crippen LogP contribution in [-0.4, -0.2) is 75.1 Å². The lowest BCUT2D eigenvalue weighted by molar-refractivity contribution is -0.0581. The fourth-order valence-electron chi connectivity index (χ4n) is 10.3. The first-order valence-corrected chi connectivity index (χ1v) is 19.7. The van der Waals surface area contributed by atoms with Crippen LogP contribution >= 0.6 is 0 Å². The van der Waals surface area contributed by atoms with Gasteiger partial charge in [0.2, 0.25) is 0 Å². The highest BCUT2D eigenvalue weighted by molar-refractivity contribution is 5.67. The van der Waals surface area contributed by atoms with Gasteiger partial charge in [-0.3, -0.25) is 0 Å². The van der Waals surface area contributed by atoms with Gasteiger partial charge in [0, 0.05) is 32.5 Å². The van der Waals surface area contributed by atoms with E-state index in [1.54, 1.807) is 19.4 Å². The van der Waals surface area contributed by atoms with Crippen LogP contribution in [0.3, 0.4) is 0 Å². The minimum atomic E-state index is -0.716. The summed E-state index contributed by atoms with van der Waals surface area (Å²) in [5.41, 5.74) is 1.57. The predicted molar refractivity (Wildman–Crippen MR) is 193 cm³/mol. The van der Waals surface area contributed by atoms with Crippen molar-refractivity contribution < 1.29 is 33.6 Å². The first-order chi connectivity index (χ1) is 23.3. The van der Waals surface area contributed by atoms with Gasteiger partial charge in [0.1, 0.15) is 11.7 Å². The van der Waals surface area contributed by atoms with Crippen LogP contribution in [0.15, 0.2) is 11.6 Å². The van der Waals surface area contributed by atoms with E-state index in [0.29, 0.717) is 51.4 Å². The third-order valence-corrected chi connectivity index (χ3v) is 13.0. The van der Waals surface area contributed by atoms with Crippen molar-refractivity contribution in [1.82, 2.24) is 10.6 Å². The summed E-state index contributed by atoms with van der Waals surface area (Å²) in [4.78, 5) is 24.4. The van der Waals surface area contributed by atoms with Gasteiger partial charge in [-0.1, -0.05) is 65.5 Å². The van der Waals surface area contributed by atoms with Crippen LogP contribution in [-0.2, 0) is 18.9 Å². The summed E-state index contributed by atoms with van der Waals surface area (Å²) in [5.74, 6) is 4.96. The zero-order valence-corrected chi connectivity index (χ0v) is 32.0. The van der Waals surface area contributed by atoms with Crippen LogP contribution < -0.4 is 10.6 Å². The third kappa shape index (κ3) is 10.6. The van der Waals surface area contributed by atoms with Crippen LogP contribution in [0.25, 0.3) is 0 Å². The summed E-state index contributed by atoms with van der Waals surface area (Å²) in [6.07, 6.45) is 15.8. The number of carbonyl (C=O) groups excluding carboxylic acids is 2. The normalized spacial score (nSPS) is 31.6. The fraction of sp³-hybridized carbons (Fsp3) is 0.900. The number of hydrogen-bond acceptors (Lipinski definition) is 7. The molecule has 9 nitrogen and oxygen atoms in total. The summed E-state index contributed by atoms with van der Waals surface area (Å²) in [6, 6.07) is 0. The van der Waals surface area contributed by atoms with Crippen molar-refractivity contribution in [2.45, 2.75) is 137 Å². The number of hydrogen-bond donors (Lipinski definition) is 3. The van der Waals surface area contributed by atoms with Gasteiger partial charge in [0.25, 0.3) is 0 Å². The smallest absolute Gasteiger partial charge is 0.407 e. The van der Waals surface area contributed by atoms with Gasteiger partial charge in [0.05, 0.1) is 26.4 Å². The Hall–Kier alpha value is -1.84. The minimum absolute atomic E-state index is 0.0434. The molecule has 4 aliphatic rings. The maximum absolute atomic E-state index is 12.6. The number of alkyl carbamates (subject to hydrolysis) is 2. The van der Waals surface area contributed by atoms with Crippen molar-refractivity contribution >= 4 is 12.2 Å². The summed E-state index contributed by atoms with van der Waals surface area (Å²) < 4.78 is 22.2.